The molecule has 0 saturated heterocycles. The van der Waals surface area contributed by atoms with Crippen molar-refractivity contribution in [1.82, 2.24) is 5.01 Å². The third kappa shape index (κ3) is 0.703. The minimum absolute atomic E-state index is 0.593. The standard InChI is InChI=1S/C6H12N2/c1-5-4-7-8(3)6(5)2/h4-6H,1-3H3. The van der Waals surface area contributed by atoms with Crippen LogP contribution in [0.1, 0.15) is 13.8 Å². The number of rotatable bonds is 0. The zero-order chi connectivity index (χ0) is 6.15. The predicted octanol–water partition coefficient (Wildman–Crippen LogP) is 0.942. The van der Waals surface area contributed by atoms with E-state index in [0.717, 1.165) is 0 Å². The van der Waals surface area contributed by atoms with Gasteiger partial charge in [-0.2, -0.15) is 5.10 Å². The lowest BCUT2D eigenvalue weighted by atomic mass is 10.1. The van der Waals surface area contributed by atoms with Crippen LogP contribution in [-0.4, -0.2) is 24.3 Å². The van der Waals surface area contributed by atoms with Gasteiger partial charge in [0.15, 0.2) is 0 Å². The smallest absolute Gasteiger partial charge is 0.0514 e. The summed E-state index contributed by atoms with van der Waals surface area (Å²) in [6, 6.07) is 0.593. The first-order valence-corrected chi connectivity index (χ1v) is 2.98. The molecule has 1 heterocycles. The second kappa shape index (κ2) is 1.77. The van der Waals surface area contributed by atoms with E-state index in [1.165, 1.54) is 0 Å². The summed E-state index contributed by atoms with van der Waals surface area (Å²) in [5.74, 6) is 0.625. The Morgan fingerprint density at radius 2 is 2.12 bits per heavy atom. The van der Waals surface area contributed by atoms with Crippen molar-refractivity contribution in [3.63, 3.8) is 0 Å². The summed E-state index contributed by atoms with van der Waals surface area (Å²) in [6.07, 6.45) is 1.99. The van der Waals surface area contributed by atoms with Crippen LogP contribution in [0.3, 0.4) is 0 Å². The highest BCUT2D eigenvalue weighted by atomic mass is 15.5. The fourth-order valence-corrected chi connectivity index (χ4v) is 0.780. The molecule has 0 bridgehead atoms. The van der Waals surface area contributed by atoms with Crippen LogP contribution in [-0.2, 0) is 0 Å². The van der Waals surface area contributed by atoms with Gasteiger partial charge in [0.25, 0.3) is 0 Å². The molecule has 2 nitrogen and oxygen atoms in total. The normalized spacial score (nSPS) is 36.6. The van der Waals surface area contributed by atoms with Crippen molar-refractivity contribution in [3.8, 4) is 0 Å². The summed E-state index contributed by atoms with van der Waals surface area (Å²) >= 11 is 0. The van der Waals surface area contributed by atoms with Gasteiger partial charge in [-0.1, -0.05) is 6.92 Å². The van der Waals surface area contributed by atoms with Crippen LogP contribution in [0.4, 0.5) is 0 Å². The molecule has 0 N–H and O–H groups in total. The minimum Gasteiger partial charge on any atom is -0.297 e. The van der Waals surface area contributed by atoms with E-state index in [-0.39, 0.29) is 0 Å². The summed E-state index contributed by atoms with van der Waals surface area (Å²) in [5.41, 5.74) is 0. The summed E-state index contributed by atoms with van der Waals surface area (Å²) in [7, 11) is 2.00. The van der Waals surface area contributed by atoms with Crippen LogP contribution in [0, 0.1) is 5.92 Å². The van der Waals surface area contributed by atoms with Crippen molar-refractivity contribution >= 4 is 6.21 Å². The van der Waals surface area contributed by atoms with E-state index < -0.39 is 0 Å². The average Bonchev–Trinajstić information content (AvgIpc) is 1.98. The van der Waals surface area contributed by atoms with Crippen molar-refractivity contribution < 1.29 is 0 Å². The third-order valence-corrected chi connectivity index (χ3v) is 1.83. The highest BCUT2D eigenvalue weighted by molar-refractivity contribution is 5.62. The second-order valence-corrected chi connectivity index (χ2v) is 2.44. The van der Waals surface area contributed by atoms with E-state index >= 15 is 0 Å². The SMILES string of the molecule is CC1C=NN(C)C1C. The maximum atomic E-state index is 4.11. The van der Waals surface area contributed by atoms with E-state index in [4.69, 9.17) is 0 Å². The first-order chi connectivity index (χ1) is 3.72. The first kappa shape index (κ1) is 5.60. The molecule has 0 amide bonds. The maximum Gasteiger partial charge on any atom is 0.0514 e. The van der Waals surface area contributed by atoms with Crippen molar-refractivity contribution in [3.05, 3.63) is 0 Å². The number of hydrogen-bond donors (Lipinski definition) is 0. The molecule has 0 aromatic heterocycles. The summed E-state index contributed by atoms with van der Waals surface area (Å²) in [5, 5.41) is 6.10. The fourth-order valence-electron chi connectivity index (χ4n) is 0.780. The molecule has 0 saturated carbocycles. The van der Waals surface area contributed by atoms with Gasteiger partial charge >= 0.3 is 0 Å². The molecule has 0 aliphatic carbocycles. The van der Waals surface area contributed by atoms with E-state index in [2.05, 4.69) is 18.9 Å². The molecule has 0 fully saturated rings. The van der Waals surface area contributed by atoms with Crippen molar-refractivity contribution in [1.29, 1.82) is 0 Å². The minimum atomic E-state index is 0.593. The van der Waals surface area contributed by atoms with Crippen molar-refractivity contribution in [2.75, 3.05) is 7.05 Å². The molecule has 2 unspecified atom stereocenters. The number of hydrazone groups is 1. The first-order valence-electron chi connectivity index (χ1n) is 2.98. The Kier molecular flexibility index (Phi) is 1.24. The lowest BCUT2D eigenvalue weighted by molar-refractivity contribution is 0.272. The van der Waals surface area contributed by atoms with Crippen LogP contribution in [0.2, 0.25) is 0 Å². The molecule has 1 aliphatic rings. The molecule has 0 spiro atoms. The Morgan fingerprint density at radius 1 is 1.50 bits per heavy atom. The van der Waals surface area contributed by atoms with E-state index in [0.29, 0.717) is 12.0 Å². The van der Waals surface area contributed by atoms with E-state index in [1.807, 2.05) is 18.3 Å². The largest absolute Gasteiger partial charge is 0.297 e. The Balaban J connectivity index is 2.55. The molecule has 0 aromatic carbocycles. The van der Waals surface area contributed by atoms with Gasteiger partial charge in [0.2, 0.25) is 0 Å². The Morgan fingerprint density at radius 3 is 2.25 bits per heavy atom. The van der Waals surface area contributed by atoms with Gasteiger partial charge in [0, 0.05) is 19.2 Å². The molecule has 46 valence electrons. The van der Waals surface area contributed by atoms with Gasteiger partial charge in [-0.3, -0.25) is 5.01 Å². The fraction of sp³-hybridized carbons (Fsp3) is 0.833. The van der Waals surface area contributed by atoms with E-state index in [9.17, 15) is 0 Å². The van der Waals surface area contributed by atoms with Crippen molar-refractivity contribution in [2.24, 2.45) is 11.0 Å². The van der Waals surface area contributed by atoms with Crippen LogP contribution in [0.5, 0.6) is 0 Å². The predicted molar refractivity (Wildman–Crippen MR) is 34.9 cm³/mol. The molecular formula is C6H12N2. The molecule has 1 rings (SSSR count). The summed E-state index contributed by atoms with van der Waals surface area (Å²) < 4.78 is 0. The molecule has 0 aromatic rings. The quantitative estimate of drug-likeness (QED) is 0.455. The zero-order valence-corrected chi connectivity index (χ0v) is 5.63. The van der Waals surface area contributed by atoms with Crippen LogP contribution in [0.15, 0.2) is 5.10 Å². The van der Waals surface area contributed by atoms with Gasteiger partial charge in [-0.25, -0.2) is 0 Å². The zero-order valence-electron chi connectivity index (χ0n) is 5.63. The van der Waals surface area contributed by atoms with Crippen LogP contribution >= 0.6 is 0 Å². The summed E-state index contributed by atoms with van der Waals surface area (Å²) in [6.45, 7) is 4.36. The molecule has 2 heteroatoms. The number of hydrogen-bond acceptors (Lipinski definition) is 2. The van der Waals surface area contributed by atoms with Gasteiger partial charge < -0.3 is 0 Å². The van der Waals surface area contributed by atoms with Crippen LogP contribution in [0.25, 0.3) is 0 Å². The lowest BCUT2D eigenvalue weighted by Gasteiger charge is -2.16. The number of nitrogens with zero attached hydrogens (tertiary/aromatic N) is 2. The van der Waals surface area contributed by atoms with Gasteiger partial charge in [0.1, 0.15) is 0 Å². The van der Waals surface area contributed by atoms with Gasteiger partial charge in [-0.05, 0) is 6.92 Å². The highest BCUT2D eigenvalue weighted by Gasteiger charge is 2.18. The third-order valence-electron chi connectivity index (χ3n) is 1.83. The van der Waals surface area contributed by atoms with Crippen molar-refractivity contribution in [2.45, 2.75) is 19.9 Å². The molecule has 1 aliphatic heterocycles. The Hall–Kier alpha value is -0.530. The maximum absolute atomic E-state index is 4.11. The molecule has 8 heavy (non-hydrogen) atoms. The monoisotopic (exact) mass is 112 g/mol. The molecule has 0 radical (unpaired) electrons. The van der Waals surface area contributed by atoms with Gasteiger partial charge in [0.05, 0.1) is 6.04 Å². The topological polar surface area (TPSA) is 15.6 Å². The van der Waals surface area contributed by atoms with Gasteiger partial charge in [-0.15, -0.1) is 0 Å². The highest BCUT2D eigenvalue weighted by Crippen LogP contribution is 2.12. The molecule has 2 atom stereocenters. The second-order valence-electron chi connectivity index (χ2n) is 2.44. The van der Waals surface area contributed by atoms with Crippen LogP contribution < -0.4 is 0 Å². The molecular weight excluding hydrogens is 100 g/mol. The van der Waals surface area contributed by atoms with E-state index in [1.54, 1.807) is 0 Å². The lowest BCUT2D eigenvalue weighted by Crippen LogP contribution is -2.23. The average molecular weight is 112 g/mol. The Labute approximate surface area is 50.2 Å². The summed E-state index contributed by atoms with van der Waals surface area (Å²) in [4.78, 5) is 0. The Bertz CT molecular complexity index is 97.1.